The van der Waals surface area contributed by atoms with E-state index in [1.54, 1.807) is 6.07 Å². The number of nitrogens with one attached hydrogen (secondary N) is 1. The zero-order chi connectivity index (χ0) is 16.9. The van der Waals surface area contributed by atoms with Crippen LogP contribution >= 0.6 is 0 Å². The molecule has 0 spiro atoms. The third-order valence-corrected chi connectivity index (χ3v) is 4.26. The van der Waals surface area contributed by atoms with Crippen LogP contribution in [0.15, 0.2) is 42.6 Å². The Morgan fingerprint density at radius 1 is 1.25 bits per heavy atom. The summed E-state index contributed by atoms with van der Waals surface area (Å²) in [7, 11) is 0. The molecule has 0 bridgehead atoms. The molecule has 0 saturated heterocycles. The number of benzene rings is 1. The van der Waals surface area contributed by atoms with Gasteiger partial charge in [-0.1, -0.05) is 24.3 Å². The topological polar surface area (TPSA) is 33.5 Å². The van der Waals surface area contributed by atoms with Crippen molar-refractivity contribution in [2.45, 2.75) is 19.1 Å². The normalized spacial score (nSPS) is 14.0. The van der Waals surface area contributed by atoms with Gasteiger partial charge in [-0.3, -0.25) is 4.79 Å². The van der Waals surface area contributed by atoms with Crippen LogP contribution in [0.25, 0.3) is 22.4 Å². The quantitative estimate of drug-likeness (QED) is 0.770. The molecular weight excluding hydrogens is 317 g/mol. The van der Waals surface area contributed by atoms with Gasteiger partial charge in [0.15, 0.2) is 0 Å². The van der Waals surface area contributed by atoms with E-state index in [9.17, 15) is 18.0 Å². The first-order chi connectivity index (χ1) is 11.4. The van der Waals surface area contributed by atoms with Gasteiger partial charge in [-0.05, 0) is 35.8 Å². The summed E-state index contributed by atoms with van der Waals surface area (Å²) in [6, 6.07) is 7.58. The second-order valence-electron chi connectivity index (χ2n) is 5.84. The van der Waals surface area contributed by atoms with Crippen LogP contribution in [-0.2, 0) is 17.8 Å². The Hall–Kier alpha value is -2.76. The smallest absolute Gasteiger partial charge is 0.344 e. The molecule has 1 N–H and O–H groups in total. The number of fused-ring (bicyclic) bond motifs is 5. The molecule has 0 unspecified atom stereocenters. The van der Waals surface area contributed by atoms with Crippen molar-refractivity contribution in [3.05, 3.63) is 59.1 Å². The Balaban J connectivity index is 1.69. The number of carbonyl (C=O) groups is 1. The van der Waals surface area contributed by atoms with Crippen molar-refractivity contribution in [1.29, 1.82) is 0 Å². The lowest BCUT2D eigenvalue weighted by Gasteiger charge is -2.07. The third kappa shape index (κ3) is 2.35. The molecule has 0 saturated carbocycles. The van der Waals surface area contributed by atoms with Crippen LogP contribution in [0.3, 0.4) is 0 Å². The first kappa shape index (κ1) is 14.8. The number of amides is 1. The minimum atomic E-state index is -4.86. The van der Waals surface area contributed by atoms with E-state index in [2.05, 4.69) is 22.6 Å². The van der Waals surface area contributed by atoms with Crippen molar-refractivity contribution in [3.8, 4) is 0 Å². The molecule has 4 rings (SSSR count). The average Bonchev–Trinajstić information content (AvgIpc) is 3.07. The number of aromatic nitrogens is 1. The van der Waals surface area contributed by atoms with Gasteiger partial charge in [0.25, 0.3) is 0 Å². The summed E-state index contributed by atoms with van der Waals surface area (Å²) >= 11 is 0. The number of rotatable bonds is 2. The minimum Gasteiger partial charge on any atom is -0.344 e. The van der Waals surface area contributed by atoms with E-state index >= 15 is 0 Å². The number of hydrogen-bond donors (Lipinski definition) is 1. The number of halogens is 3. The largest absolute Gasteiger partial charge is 0.471 e. The van der Waals surface area contributed by atoms with E-state index in [4.69, 9.17) is 0 Å². The number of allylic oxidation sites excluding steroid dienone is 2. The number of nitrogens with zero attached hydrogens (tertiary/aromatic N) is 1. The summed E-state index contributed by atoms with van der Waals surface area (Å²) in [5, 5.41) is 5.01. The fourth-order valence-electron chi connectivity index (χ4n) is 3.13. The lowest BCUT2D eigenvalue weighted by atomic mass is 10.1. The van der Waals surface area contributed by atoms with Crippen LogP contribution < -0.4 is 10.7 Å². The maximum Gasteiger partial charge on any atom is 0.471 e. The molecule has 0 atom stereocenters. The zero-order valence-electron chi connectivity index (χ0n) is 12.5. The Morgan fingerprint density at radius 2 is 2.08 bits per heavy atom. The van der Waals surface area contributed by atoms with E-state index in [0.717, 1.165) is 28.1 Å². The zero-order valence-corrected chi connectivity index (χ0v) is 12.5. The van der Waals surface area contributed by atoms with Crippen molar-refractivity contribution in [1.82, 2.24) is 9.72 Å². The van der Waals surface area contributed by atoms with Crippen molar-refractivity contribution in [3.63, 3.8) is 0 Å². The molecular formula is C18H13F3N2O. The summed E-state index contributed by atoms with van der Waals surface area (Å²) in [5.41, 5.74) is 2.97. The lowest BCUT2D eigenvalue weighted by Crippen LogP contribution is -2.36. The molecule has 2 aromatic heterocycles. The summed E-state index contributed by atoms with van der Waals surface area (Å²) in [4.78, 5) is 10.9. The molecule has 1 aliphatic rings. The highest BCUT2D eigenvalue weighted by Gasteiger charge is 2.38. The van der Waals surface area contributed by atoms with Crippen molar-refractivity contribution >= 4 is 28.3 Å². The van der Waals surface area contributed by atoms with E-state index in [-0.39, 0.29) is 6.54 Å². The molecule has 3 nitrogen and oxygen atoms in total. The molecule has 2 heterocycles. The Kier molecular flexibility index (Phi) is 3.16. The van der Waals surface area contributed by atoms with E-state index in [1.165, 1.54) is 5.56 Å². The standard InChI is InChI=1S/C18H13F3N2O/c19-18(20,21)17(24)22-9-11-5-6-14-13(7-11)10-23-15-4-2-1-3-12(15)8-16(14)23/h1-2,4-8,10H,3,9H2,(H,22,24). The number of alkyl halides is 3. The average molecular weight is 330 g/mol. The van der Waals surface area contributed by atoms with E-state index in [1.807, 2.05) is 29.7 Å². The van der Waals surface area contributed by atoms with Gasteiger partial charge in [0.1, 0.15) is 0 Å². The molecule has 24 heavy (non-hydrogen) atoms. The third-order valence-electron chi connectivity index (χ3n) is 4.26. The van der Waals surface area contributed by atoms with Crippen molar-refractivity contribution in [2.75, 3.05) is 0 Å². The molecule has 6 heteroatoms. The van der Waals surface area contributed by atoms with Crippen molar-refractivity contribution in [2.24, 2.45) is 0 Å². The fraction of sp³-hybridized carbons (Fsp3) is 0.167. The first-order valence-electron chi connectivity index (χ1n) is 7.50. The minimum absolute atomic E-state index is 0.151. The monoisotopic (exact) mass is 330 g/mol. The number of carbonyl (C=O) groups excluding carboxylic acids is 1. The van der Waals surface area contributed by atoms with Gasteiger partial charge in [-0.25, -0.2) is 0 Å². The Labute approximate surface area is 135 Å². The van der Waals surface area contributed by atoms with Gasteiger partial charge >= 0.3 is 12.1 Å². The summed E-state index contributed by atoms with van der Waals surface area (Å²) in [6.07, 6.45) is 4.19. The highest BCUT2D eigenvalue weighted by Crippen LogP contribution is 2.24. The highest BCUT2D eigenvalue weighted by molar-refractivity contribution is 5.98. The molecule has 0 fully saturated rings. The number of hydrogen-bond acceptors (Lipinski definition) is 1. The Morgan fingerprint density at radius 3 is 2.88 bits per heavy atom. The fourth-order valence-corrected chi connectivity index (χ4v) is 3.13. The van der Waals surface area contributed by atoms with Crippen molar-refractivity contribution < 1.29 is 18.0 Å². The van der Waals surface area contributed by atoms with Crippen LogP contribution in [-0.4, -0.2) is 16.5 Å². The molecule has 122 valence electrons. The summed E-state index contributed by atoms with van der Waals surface area (Å²) in [5.74, 6) is -1.92. The van der Waals surface area contributed by atoms with Gasteiger partial charge in [-0.15, -0.1) is 0 Å². The lowest BCUT2D eigenvalue weighted by molar-refractivity contribution is -0.173. The van der Waals surface area contributed by atoms with Crippen LogP contribution in [0.1, 0.15) is 11.1 Å². The Bertz CT molecular complexity index is 1040. The predicted octanol–water partition coefficient (Wildman–Crippen LogP) is 2.88. The van der Waals surface area contributed by atoms with E-state index in [0.29, 0.717) is 5.56 Å². The summed E-state index contributed by atoms with van der Waals surface area (Å²) in [6.45, 7) is -0.151. The van der Waals surface area contributed by atoms with Crippen LogP contribution in [0.4, 0.5) is 13.2 Å². The first-order valence-corrected chi connectivity index (χ1v) is 7.50. The maximum absolute atomic E-state index is 12.2. The van der Waals surface area contributed by atoms with Crippen LogP contribution in [0.5, 0.6) is 0 Å². The molecule has 1 amide bonds. The summed E-state index contributed by atoms with van der Waals surface area (Å²) < 4.78 is 38.8. The van der Waals surface area contributed by atoms with Crippen LogP contribution in [0.2, 0.25) is 0 Å². The maximum atomic E-state index is 12.2. The predicted molar refractivity (Wildman–Crippen MR) is 85.3 cm³/mol. The second-order valence-corrected chi connectivity index (χ2v) is 5.84. The molecule has 1 aromatic carbocycles. The molecule has 0 aliphatic heterocycles. The van der Waals surface area contributed by atoms with Crippen LogP contribution in [0, 0.1) is 0 Å². The van der Waals surface area contributed by atoms with E-state index < -0.39 is 12.1 Å². The van der Waals surface area contributed by atoms with Gasteiger partial charge in [0, 0.05) is 28.9 Å². The second kappa shape index (κ2) is 5.12. The van der Waals surface area contributed by atoms with Gasteiger partial charge in [-0.2, -0.15) is 13.2 Å². The van der Waals surface area contributed by atoms with Gasteiger partial charge < -0.3 is 9.72 Å². The molecule has 0 radical (unpaired) electrons. The highest BCUT2D eigenvalue weighted by atomic mass is 19.4. The SMILES string of the molecule is O=C(NCc1ccc2c(c1)cn1c3c(cc21)CC=CC=3)C(F)(F)F. The van der Waals surface area contributed by atoms with Gasteiger partial charge in [0.2, 0.25) is 0 Å². The van der Waals surface area contributed by atoms with Gasteiger partial charge in [0.05, 0.1) is 5.52 Å². The molecule has 3 aromatic rings. The molecule has 1 aliphatic carbocycles.